The summed E-state index contributed by atoms with van der Waals surface area (Å²) in [7, 11) is 0. The van der Waals surface area contributed by atoms with E-state index in [-0.39, 0.29) is 30.6 Å². The minimum absolute atomic E-state index is 0.0411. The van der Waals surface area contributed by atoms with E-state index < -0.39 is 35.2 Å². The Balaban J connectivity index is 3.30. The van der Waals surface area contributed by atoms with Crippen molar-refractivity contribution >= 4 is 17.6 Å². The first-order valence-corrected chi connectivity index (χ1v) is 7.95. The molecule has 0 radical (unpaired) electrons. The van der Waals surface area contributed by atoms with E-state index in [4.69, 9.17) is 10.8 Å². The zero-order valence-corrected chi connectivity index (χ0v) is 14.4. The molecule has 0 unspecified atom stereocenters. The van der Waals surface area contributed by atoms with Gasteiger partial charge >= 0.3 is 12.1 Å². The summed E-state index contributed by atoms with van der Waals surface area (Å²) in [5.41, 5.74) is 2.75. The number of allylic oxidation sites excluding steroid dienone is 1. The summed E-state index contributed by atoms with van der Waals surface area (Å²) >= 11 is 0. The number of carboxylic acid groups (broad SMARTS) is 1. The molecule has 10 heteroatoms. The monoisotopic (exact) mass is 389 g/mol. The topological polar surface area (TPSA) is 105 Å². The van der Waals surface area contributed by atoms with E-state index in [1.54, 1.807) is 6.92 Å². The van der Waals surface area contributed by atoms with Gasteiger partial charge in [-0.15, -0.1) is 0 Å². The molecule has 0 aliphatic carbocycles. The van der Waals surface area contributed by atoms with Crippen LogP contribution in [-0.4, -0.2) is 42.0 Å². The average molecular weight is 389 g/mol. The molecule has 0 atom stereocenters. The van der Waals surface area contributed by atoms with Crippen molar-refractivity contribution in [1.82, 2.24) is 5.32 Å². The quantitative estimate of drug-likeness (QED) is 0.470. The van der Waals surface area contributed by atoms with Crippen LogP contribution in [0.2, 0.25) is 0 Å². The van der Waals surface area contributed by atoms with Gasteiger partial charge in [-0.25, -0.2) is 4.39 Å². The second-order valence-electron chi connectivity index (χ2n) is 5.44. The number of rotatable bonds is 8. The molecule has 148 valence electrons. The number of carboxylic acids is 1. The Hall–Kier alpha value is -2.91. The van der Waals surface area contributed by atoms with E-state index in [9.17, 15) is 27.2 Å². The Kier molecular flexibility index (Phi) is 7.95. The van der Waals surface area contributed by atoms with Gasteiger partial charge in [-0.1, -0.05) is 6.92 Å². The molecular formula is C17H19F4N3O3. The Labute approximate surface area is 152 Å². The molecule has 1 amide bonds. The van der Waals surface area contributed by atoms with E-state index in [2.05, 4.69) is 10.3 Å². The summed E-state index contributed by atoms with van der Waals surface area (Å²) in [6.07, 6.45) is -4.40. The molecule has 0 saturated carbocycles. The van der Waals surface area contributed by atoms with Crippen molar-refractivity contribution in [2.75, 3.05) is 13.1 Å². The van der Waals surface area contributed by atoms with Crippen LogP contribution in [0.1, 0.15) is 35.7 Å². The van der Waals surface area contributed by atoms with Crippen molar-refractivity contribution in [2.24, 2.45) is 10.7 Å². The predicted molar refractivity (Wildman–Crippen MR) is 91.0 cm³/mol. The highest BCUT2D eigenvalue weighted by atomic mass is 19.4. The number of hydrogen-bond donors (Lipinski definition) is 3. The number of aliphatic carboxylic acids is 1. The number of nitrogens with one attached hydrogen (secondary N) is 1. The summed E-state index contributed by atoms with van der Waals surface area (Å²) in [5, 5.41) is 10.8. The number of hydrogen-bond acceptors (Lipinski definition) is 4. The maximum Gasteiger partial charge on any atom is 0.419 e. The summed E-state index contributed by atoms with van der Waals surface area (Å²) < 4.78 is 53.6. The molecule has 0 bridgehead atoms. The highest BCUT2D eigenvalue weighted by molar-refractivity contribution is 6.14. The SMILES string of the molecule is CCCN=C(/C(=C\N)C(F)(F)F)c1cc(F)cc(C(=O)NCCC(=O)O)c1. The first kappa shape index (κ1) is 22.1. The third-order valence-corrected chi connectivity index (χ3v) is 3.28. The third-order valence-electron chi connectivity index (χ3n) is 3.28. The maximum absolute atomic E-state index is 13.9. The van der Waals surface area contributed by atoms with Gasteiger partial charge < -0.3 is 16.2 Å². The Bertz CT molecular complexity index is 758. The number of alkyl halides is 3. The average Bonchev–Trinajstić information content (AvgIpc) is 2.56. The maximum atomic E-state index is 13.9. The normalized spacial score (nSPS) is 12.8. The van der Waals surface area contributed by atoms with Gasteiger partial charge in [-0.3, -0.25) is 14.6 Å². The molecule has 0 spiro atoms. The lowest BCUT2D eigenvalue weighted by molar-refractivity contribution is -0.136. The largest absolute Gasteiger partial charge is 0.481 e. The van der Waals surface area contributed by atoms with Crippen LogP contribution in [0.4, 0.5) is 17.6 Å². The molecule has 0 heterocycles. The van der Waals surface area contributed by atoms with Gasteiger partial charge in [0.2, 0.25) is 0 Å². The number of carbonyl (C=O) groups excluding carboxylic acids is 1. The fraction of sp³-hybridized carbons (Fsp3) is 0.353. The second-order valence-corrected chi connectivity index (χ2v) is 5.44. The van der Waals surface area contributed by atoms with Crippen LogP contribution >= 0.6 is 0 Å². The van der Waals surface area contributed by atoms with Gasteiger partial charge in [-0.05, 0) is 24.6 Å². The minimum atomic E-state index is -4.82. The lowest BCUT2D eigenvalue weighted by Gasteiger charge is -2.15. The predicted octanol–water partition coefficient (Wildman–Crippen LogP) is 2.63. The molecule has 0 saturated heterocycles. The van der Waals surface area contributed by atoms with Crippen LogP contribution in [0.15, 0.2) is 35.0 Å². The van der Waals surface area contributed by atoms with Gasteiger partial charge in [-0.2, -0.15) is 13.2 Å². The minimum Gasteiger partial charge on any atom is -0.481 e. The summed E-state index contributed by atoms with van der Waals surface area (Å²) in [5.74, 6) is -2.91. The van der Waals surface area contributed by atoms with E-state index in [0.717, 1.165) is 18.2 Å². The van der Waals surface area contributed by atoms with E-state index in [1.165, 1.54) is 0 Å². The van der Waals surface area contributed by atoms with Crippen LogP contribution in [0.25, 0.3) is 0 Å². The summed E-state index contributed by atoms with van der Waals surface area (Å²) in [6.45, 7) is 1.53. The lowest BCUT2D eigenvalue weighted by atomic mass is 9.99. The van der Waals surface area contributed by atoms with E-state index >= 15 is 0 Å². The number of nitrogens with two attached hydrogens (primary N) is 1. The summed E-state index contributed by atoms with van der Waals surface area (Å²) in [4.78, 5) is 26.3. The number of carbonyl (C=O) groups is 2. The molecule has 6 nitrogen and oxygen atoms in total. The van der Waals surface area contributed by atoms with Gasteiger partial charge in [0.1, 0.15) is 5.82 Å². The molecule has 0 aromatic heterocycles. The van der Waals surface area contributed by atoms with Gasteiger partial charge in [0, 0.05) is 30.4 Å². The molecule has 0 fully saturated rings. The van der Waals surface area contributed by atoms with Gasteiger partial charge in [0.15, 0.2) is 0 Å². The zero-order valence-electron chi connectivity index (χ0n) is 14.4. The molecule has 4 N–H and O–H groups in total. The molecule has 0 aliphatic heterocycles. The summed E-state index contributed by atoms with van der Waals surface area (Å²) in [6, 6.07) is 2.69. The van der Waals surface area contributed by atoms with Crippen LogP contribution in [0.5, 0.6) is 0 Å². The fourth-order valence-electron chi connectivity index (χ4n) is 2.11. The van der Waals surface area contributed by atoms with Crippen LogP contribution in [0.3, 0.4) is 0 Å². The molecular weight excluding hydrogens is 370 g/mol. The Morgan fingerprint density at radius 3 is 2.41 bits per heavy atom. The van der Waals surface area contributed by atoms with Crippen molar-refractivity contribution < 1.29 is 32.3 Å². The highest BCUT2D eigenvalue weighted by Crippen LogP contribution is 2.29. The molecule has 0 aliphatic rings. The number of amides is 1. The van der Waals surface area contributed by atoms with Crippen molar-refractivity contribution in [3.8, 4) is 0 Å². The van der Waals surface area contributed by atoms with Gasteiger partial charge in [0.05, 0.1) is 17.7 Å². The Morgan fingerprint density at radius 1 is 1.26 bits per heavy atom. The van der Waals surface area contributed by atoms with Crippen LogP contribution in [-0.2, 0) is 4.79 Å². The number of aliphatic imine (C=N–C) groups is 1. The van der Waals surface area contributed by atoms with Crippen molar-refractivity contribution in [3.05, 3.63) is 46.9 Å². The lowest BCUT2D eigenvalue weighted by Crippen LogP contribution is -2.27. The van der Waals surface area contributed by atoms with E-state index in [0.29, 0.717) is 12.6 Å². The van der Waals surface area contributed by atoms with Crippen LogP contribution < -0.4 is 11.1 Å². The van der Waals surface area contributed by atoms with E-state index in [1.807, 2.05) is 0 Å². The fourth-order valence-corrected chi connectivity index (χ4v) is 2.11. The zero-order chi connectivity index (χ0) is 20.6. The molecule has 1 rings (SSSR count). The van der Waals surface area contributed by atoms with Crippen molar-refractivity contribution in [2.45, 2.75) is 25.9 Å². The van der Waals surface area contributed by atoms with Crippen molar-refractivity contribution in [3.63, 3.8) is 0 Å². The standard InChI is InChI=1S/C17H19F4N3O3/c1-2-4-23-15(13(9-22)17(19,20)21)10-6-11(8-12(18)7-10)16(27)24-5-3-14(25)26/h6-9H,2-5,22H2,1H3,(H,24,27)(H,25,26)/b13-9+,23-15?. The first-order chi connectivity index (χ1) is 12.6. The second kappa shape index (κ2) is 9.70. The van der Waals surface area contributed by atoms with Crippen molar-refractivity contribution in [1.29, 1.82) is 0 Å². The highest BCUT2D eigenvalue weighted by Gasteiger charge is 2.37. The third kappa shape index (κ3) is 6.72. The smallest absolute Gasteiger partial charge is 0.419 e. The Morgan fingerprint density at radius 2 is 1.89 bits per heavy atom. The molecule has 1 aromatic rings. The molecule has 27 heavy (non-hydrogen) atoms. The van der Waals surface area contributed by atoms with Gasteiger partial charge in [0.25, 0.3) is 5.91 Å². The number of halogens is 4. The van der Waals surface area contributed by atoms with Crippen LogP contribution in [0, 0.1) is 5.82 Å². The number of benzene rings is 1. The number of nitrogens with zero attached hydrogens (tertiary/aromatic N) is 1. The molecule has 1 aromatic carbocycles. The first-order valence-electron chi connectivity index (χ1n) is 7.95.